The molecule has 1 fully saturated rings. The van der Waals surface area contributed by atoms with E-state index in [9.17, 15) is 14.7 Å². The van der Waals surface area contributed by atoms with E-state index in [4.69, 9.17) is 9.47 Å². The molecule has 0 aliphatic carbocycles. The standard InChI is InChI=1S/C18H19NO5/c1-12(16(20)19-18(17(21)22)9-10-23-11-18)24-15-8-4-6-13-5-2-3-7-14(13)15/h2-8,12H,9-11H2,1H3,(H,19,20)(H,21,22). The van der Waals surface area contributed by atoms with E-state index in [0.29, 0.717) is 12.4 Å². The quantitative estimate of drug-likeness (QED) is 0.876. The molecule has 2 N–H and O–H groups in total. The van der Waals surface area contributed by atoms with Crippen molar-refractivity contribution in [3.8, 4) is 5.75 Å². The summed E-state index contributed by atoms with van der Waals surface area (Å²) in [5.41, 5.74) is -1.37. The number of rotatable bonds is 5. The normalized spacial score (nSPS) is 21.4. The first kappa shape index (κ1) is 16.3. The van der Waals surface area contributed by atoms with Gasteiger partial charge in [0.2, 0.25) is 0 Å². The number of carbonyl (C=O) groups is 2. The lowest BCUT2D eigenvalue weighted by Crippen LogP contribution is -2.57. The van der Waals surface area contributed by atoms with Crippen molar-refractivity contribution in [3.63, 3.8) is 0 Å². The average Bonchev–Trinajstić information content (AvgIpc) is 3.05. The van der Waals surface area contributed by atoms with Crippen LogP contribution in [-0.2, 0) is 14.3 Å². The molecular weight excluding hydrogens is 310 g/mol. The Morgan fingerprint density at radius 2 is 2.00 bits per heavy atom. The third-order valence-corrected chi connectivity index (χ3v) is 4.22. The first-order chi connectivity index (χ1) is 11.5. The summed E-state index contributed by atoms with van der Waals surface area (Å²) in [6.07, 6.45) is -0.581. The molecule has 1 amide bonds. The van der Waals surface area contributed by atoms with Crippen molar-refractivity contribution in [1.29, 1.82) is 0 Å². The molecular formula is C18H19NO5. The van der Waals surface area contributed by atoms with Gasteiger partial charge in [0.1, 0.15) is 5.75 Å². The molecule has 1 aliphatic rings. The van der Waals surface area contributed by atoms with E-state index in [1.165, 1.54) is 0 Å². The summed E-state index contributed by atoms with van der Waals surface area (Å²) >= 11 is 0. The van der Waals surface area contributed by atoms with Gasteiger partial charge < -0.3 is 19.9 Å². The molecule has 1 heterocycles. The third-order valence-electron chi connectivity index (χ3n) is 4.22. The Labute approximate surface area is 139 Å². The van der Waals surface area contributed by atoms with Crippen molar-refractivity contribution in [2.45, 2.75) is 25.0 Å². The van der Waals surface area contributed by atoms with E-state index in [1.807, 2.05) is 36.4 Å². The topological polar surface area (TPSA) is 84.9 Å². The fraction of sp³-hybridized carbons (Fsp3) is 0.333. The van der Waals surface area contributed by atoms with Crippen molar-refractivity contribution in [2.75, 3.05) is 13.2 Å². The van der Waals surface area contributed by atoms with Gasteiger partial charge in [0, 0.05) is 18.4 Å². The highest BCUT2D eigenvalue weighted by Crippen LogP contribution is 2.26. The number of carbonyl (C=O) groups excluding carboxylic acids is 1. The summed E-state index contributed by atoms with van der Waals surface area (Å²) in [6.45, 7) is 1.88. The largest absolute Gasteiger partial charge is 0.480 e. The molecule has 1 saturated heterocycles. The Hall–Kier alpha value is -2.60. The minimum Gasteiger partial charge on any atom is -0.480 e. The first-order valence-electron chi connectivity index (χ1n) is 7.79. The Kier molecular flexibility index (Phi) is 4.40. The van der Waals surface area contributed by atoms with Gasteiger partial charge in [-0.1, -0.05) is 36.4 Å². The molecule has 2 unspecified atom stereocenters. The van der Waals surface area contributed by atoms with E-state index >= 15 is 0 Å². The van der Waals surface area contributed by atoms with Gasteiger partial charge >= 0.3 is 5.97 Å². The summed E-state index contributed by atoms with van der Waals surface area (Å²) in [7, 11) is 0. The second-order valence-electron chi connectivity index (χ2n) is 5.92. The van der Waals surface area contributed by atoms with Gasteiger partial charge in [-0.3, -0.25) is 4.79 Å². The minimum atomic E-state index is -1.37. The molecule has 2 aromatic carbocycles. The van der Waals surface area contributed by atoms with Crippen LogP contribution in [0.4, 0.5) is 0 Å². The maximum absolute atomic E-state index is 12.4. The molecule has 126 valence electrons. The zero-order valence-electron chi connectivity index (χ0n) is 13.3. The number of carboxylic acids is 1. The number of hydrogen-bond acceptors (Lipinski definition) is 4. The maximum atomic E-state index is 12.4. The Balaban J connectivity index is 1.75. The zero-order valence-corrected chi connectivity index (χ0v) is 13.3. The molecule has 0 aromatic heterocycles. The number of carboxylic acid groups (broad SMARTS) is 1. The number of nitrogens with one attached hydrogen (secondary N) is 1. The third kappa shape index (κ3) is 3.05. The van der Waals surface area contributed by atoms with Crippen molar-refractivity contribution in [3.05, 3.63) is 42.5 Å². The highest BCUT2D eigenvalue weighted by atomic mass is 16.5. The maximum Gasteiger partial charge on any atom is 0.331 e. The van der Waals surface area contributed by atoms with Crippen LogP contribution in [0.25, 0.3) is 10.8 Å². The van der Waals surface area contributed by atoms with Crippen molar-refractivity contribution in [1.82, 2.24) is 5.32 Å². The highest BCUT2D eigenvalue weighted by molar-refractivity contribution is 5.91. The molecule has 1 aliphatic heterocycles. The summed E-state index contributed by atoms with van der Waals surface area (Å²) in [6, 6.07) is 13.3. The summed E-state index contributed by atoms with van der Waals surface area (Å²) in [5.74, 6) is -0.982. The van der Waals surface area contributed by atoms with Crippen LogP contribution in [0.5, 0.6) is 5.75 Å². The van der Waals surface area contributed by atoms with Crippen LogP contribution in [0.3, 0.4) is 0 Å². The minimum absolute atomic E-state index is 0.0327. The van der Waals surface area contributed by atoms with Crippen molar-refractivity contribution < 1.29 is 24.2 Å². The smallest absolute Gasteiger partial charge is 0.331 e. The molecule has 0 saturated carbocycles. The molecule has 2 atom stereocenters. The molecule has 0 spiro atoms. The second kappa shape index (κ2) is 6.49. The van der Waals surface area contributed by atoms with Gasteiger partial charge in [-0.25, -0.2) is 4.79 Å². The fourth-order valence-electron chi connectivity index (χ4n) is 2.77. The Bertz CT molecular complexity index is 762. The lowest BCUT2D eigenvalue weighted by molar-refractivity contribution is -0.148. The molecule has 0 radical (unpaired) electrons. The van der Waals surface area contributed by atoms with Crippen LogP contribution in [0.2, 0.25) is 0 Å². The van der Waals surface area contributed by atoms with E-state index in [0.717, 1.165) is 10.8 Å². The van der Waals surface area contributed by atoms with E-state index in [1.54, 1.807) is 13.0 Å². The molecule has 3 rings (SSSR count). The predicted molar refractivity (Wildman–Crippen MR) is 88.0 cm³/mol. The number of hydrogen-bond donors (Lipinski definition) is 2. The van der Waals surface area contributed by atoms with Crippen LogP contribution < -0.4 is 10.1 Å². The lowest BCUT2D eigenvalue weighted by Gasteiger charge is -2.26. The summed E-state index contributed by atoms with van der Waals surface area (Å²) in [5, 5.41) is 13.9. The average molecular weight is 329 g/mol. The molecule has 0 bridgehead atoms. The van der Waals surface area contributed by atoms with Gasteiger partial charge in [-0.05, 0) is 18.4 Å². The van der Waals surface area contributed by atoms with Crippen molar-refractivity contribution in [2.24, 2.45) is 0 Å². The molecule has 2 aromatic rings. The van der Waals surface area contributed by atoms with Gasteiger partial charge in [-0.15, -0.1) is 0 Å². The van der Waals surface area contributed by atoms with E-state index in [2.05, 4.69) is 5.32 Å². The van der Waals surface area contributed by atoms with Crippen LogP contribution in [0.1, 0.15) is 13.3 Å². The van der Waals surface area contributed by atoms with Gasteiger partial charge in [0.15, 0.2) is 11.6 Å². The molecule has 6 nitrogen and oxygen atoms in total. The van der Waals surface area contributed by atoms with Gasteiger partial charge in [-0.2, -0.15) is 0 Å². The number of ether oxygens (including phenoxy) is 2. The molecule has 6 heteroatoms. The highest BCUT2D eigenvalue weighted by Gasteiger charge is 2.44. The van der Waals surface area contributed by atoms with E-state index < -0.39 is 23.5 Å². The summed E-state index contributed by atoms with van der Waals surface area (Å²) < 4.78 is 10.9. The monoisotopic (exact) mass is 329 g/mol. The fourth-order valence-corrected chi connectivity index (χ4v) is 2.77. The lowest BCUT2D eigenvalue weighted by atomic mass is 9.98. The number of benzene rings is 2. The van der Waals surface area contributed by atoms with Gasteiger partial charge in [0.05, 0.1) is 6.61 Å². The SMILES string of the molecule is CC(Oc1cccc2ccccc12)C(=O)NC1(C(=O)O)CCOC1. The zero-order chi connectivity index (χ0) is 17.2. The number of fused-ring (bicyclic) bond motifs is 1. The number of amides is 1. The van der Waals surface area contributed by atoms with E-state index in [-0.39, 0.29) is 13.0 Å². The molecule has 24 heavy (non-hydrogen) atoms. The van der Waals surface area contributed by atoms with Crippen LogP contribution in [0, 0.1) is 0 Å². The Morgan fingerprint density at radius 3 is 2.71 bits per heavy atom. The Morgan fingerprint density at radius 1 is 1.25 bits per heavy atom. The van der Waals surface area contributed by atoms with Crippen LogP contribution >= 0.6 is 0 Å². The van der Waals surface area contributed by atoms with Crippen LogP contribution in [-0.4, -0.2) is 41.8 Å². The second-order valence-corrected chi connectivity index (χ2v) is 5.92. The van der Waals surface area contributed by atoms with Crippen molar-refractivity contribution >= 4 is 22.6 Å². The van der Waals surface area contributed by atoms with Gasteiger partial charge in [0.25, 0.3) is 5.91 Å². The number of aliphatic carboxylic acids is 1. The predicted octanol–water partition coefficient (Wildman–Crippen LogP) is 1.97. The summed E-state index contributed by atoms with van der Waals surface area (Å²) in [4.78, 5) is 23.9. The first-order valence-corrected chi connectivity index (χ1v) is 7.79. The van der Waals surface area contributed by atoms with Crippen LogP contribution in [0.15, 0.2) is 42.5 Å².